The summed E-state index contributed by atoms with van der Waals surface area (Å²) in [6, 6.07) is 13.9. The molecule has 0 aliphatic heterocycles. The molecular weight excluding hydrogens is 410 g/mol. The van der Waals surface area contributed by atoms with E-state index >= 15 is 0 Å². The first-order chi connectivity index (χ1) is 13.0. The van der Waals surface area contributed by atoms with Crippen LogP contribution in [0.25, 0.3) is 11.3 Å². The fourth-order valence-electron chi connectivity index (χ4n) is 2.59. The van der Waals surface area contributed by atoms with E-state index in [2.05, 4.69) is 36.0 Å². The second-order valence-electron chi connectivity index (χ2n) is 5.96. The van der Waals surface area contributed by atoms with Crippen molar-refractivity contribution < 1.29 is 14.3 Å². The lowest BCUT2D eigenvalue weighted by molar-refractivity contribution is 0.0600. The molecule has 3 rings (SSSR count). The minimum atomic E-state index is -0.483. The molecule has 0 radical (unpaired) electrons. The van der Waals surface area contributed by atoms with Gasteiger partial charge in [-0.25, -0.2) is 9.78 Å². The van der Waals surface area contributed by atoms with Gasteiger partial charge in [-0.3, -0.25) is 4.79 Å². The van der Waals surface area contributed by atoms with E-state index in [0.717, 1.165) is 15.7 Å². The zero-order chi connectivity index (χ0) is 19.4. The standard InChI is InChI=1S/C20H18BrN3O3/c1-12(18-22-11-17(24-18)13-6-8-16(21)9-7-13)23-19(25)14-4-3-5-15(10-14)20(26)27-2/h3-12H,1-2H3,(H,22,24)(H,23,25)/t12-/m0/s1. The number of nitrogens with one attached hydrogen (secondary N) is 2. The van der Waals surface area contributed by atoms with E-state index in [9.17, 15) is 9.59 Å². The second-order valence-corrected chi connectivity index (χ2v) is 6.87. The Morgan fingerprint density at radius 3 is 2.56 bits per heavy atom. The van der Waals surface area contributed by atoms with Crippen LogP contribution in [0, 0.1) is 0 Å². The molecule has 138 valence electrons. The van der Waals surface area contributed by atoms with E-state index in [4.69, 9.17) is 0 Å². The van der Waals surface area contributed by atoms with Crippen LogP contribution < -0.4 is 5.32 Å². The van der Waals surface area contributed by atoms with Gasteiger partial charge < -0.3 is 15.0 Å². The van der Waals surface area contributed by atoms with Gasteiger partial charge in [-0.15, -0.1) is 0 Å². The number of hydrogen-bond acceptors (Lipinski definition) is 4. The van der Waals surface area contributed by atoms with E-state index < -0.39 is 5.97 Å². The lowest BCUT2D eigenvalue weighted by Gasteiger charge is -2.12. The summed E-state index contributed by atoms with van der Waals surface area (Å²) in [5.41, 5.74) is 2.57. The van der Waals surface area contributed by atoms with E-state index in [-0.39, 0.29) is 11.9 Å². The van der Waals surface area contributed by atoms with E-state index in [1.54, 1.807) is 24.4 Å². The van der Waals surface area contributed by atoms with Gasteiger partial charge in [0.25, 0.3) is 5.91 Å². The van der Waals surface area contributed by atoms with Crippen LogP contribution in [0.2, 0.25) is 0 Å². The number of H-pyrrole nitrogens is 1. The summed E-state index contributed by atoms with van der Waals surface area (Å²) >= 11 is 3.41. The lowest BCUT2D eigenvalue weighted by Crippen LogP contribution is -2.27. The van der Waals surface area contributed by atoms with Gasteiger partial charge in [0, 0.05) is 10.0 Å². The molecule has 0 aliphatic rings. The van der Waals surface area contributed by atoms with Crippen molar-refractivity contribution in [2.45, 2.75) is 13.0 Å². The molecule has 6 nitrogen and oxygen atoms in total. The van der Waals surface area contributed by atoms with Crippen LogP contribution >= 0.6 is 15.9 Å². The predicted octanol–water partition coefficient (Wildman–Crippen LogP) is 4.12. The molecule has 0 saturated heterocycles. The average Bonchev–Trinajstić information content (AvgIpc) is 3.18. The maximum atomic E-state index is 12.5. The number of halogens is 1. The Bertz CT molecular complexity index is 967. The first-order valence-electron chi connectivity index (χ1n) is 8.28. The summed E-state index contributed by atoms with van der Waals surface area (Å²) in [6.07, 6.45) is 1.74. The zero-order valence-electron chi connectivity index (χ0n) is 14.8. The van der Waals surface area contributed by atoms with Crippen LogP contribution in [0.4, 0.5) is 0 Å². The molecule has 7 heteroatoms. The van der Waals surface area contributed by atoms with Crippen molar-refractivity contribution in [3.05, 3.63) is 76.2 Å². The van der Waals surface area contributed by atoms with E-state index in [1.165, 1.54) is 13.2 Å². The van der Waals surface area contributed by atoms with Gasteiger partial charge in [0.15, 0.2) is 0 Å². The van der Waals surface area contributed by atoms with Gasteiger partial charge in [-0.2, -0.15) is 0 Å². The van der Waals surface area contributed by atoms with Crippen molar-refractivity contribution in [2.75, 3.05) is 7.11 Å². The number of carbonyl (C=O) groups is 2. The topological polar surface area (TPSA) is 84.1 Å². The summed E-state index contributed by atoms with van der Waals surface area (Å²) in [6.45, 7) is 1.84. The Morgan fingerprint density at radius 2 is 1.85 bits per heavy atom. The Morgan fingerprint density at radius 1 is 1.15 bits per heavy atom. The normalized spacial score (nSPS) is 11.7. The molecule has 0 fully saturated rings. The molecule has 2 N–H and O–H groups in total. The number of imidazole rings is 1. The third-order valence-electron chi connectivity index (χ3n) is 4.05. The summed E-state index contributed by atoms with van der Waals surface area (Å²) in [5, 5.41) is 2.88. The quantitative estimate of drug-likeness (QED) is 0.599. The van der Waals surface area contributed by atoms with Crippen molar-refractivity contribution in [1.82, 2.24) is 15.3 Å². The summed E-state index contributed by atoms with van der Waals surface area (Å²) < 4.78 is 5.69. The van der Waals surface area contributed by atoms with Crippen LogP contribution in [-0.4, -0.2) is 29.0 Å². The summed E-state index contributed by atoms with van der Waals surface area (Å²) in [4.78, 5) is 31.7. The predicted molar refractivity (Wildman–Crippen MR) is 105 cm³/mol. The molecule has 1 aromatic heterocycles. The molecule has 0 spiro atoms. The molecule has 1 atom stereocenters. The van der Waals surface area contributed by atoms with Crippen LogP contribution in [0.5, 0.6) is 0 Å². The summed E-state index contributed by atoms with van der Waals surface area (Å²) in [5.74, 6) is -0.136. The van der Waals surface area contributed by atoms with Crippen molar-refractivity contribution in [3.63, 3.8) is 0 Å². The number of esters is 1. The Balaban J connectivity index is 1.72. The smallest absolute Gasteiger partial charge is 0.337 e. The molecule has 1 amide bonds. The van der Waals surface area contributed by atoms with Crippen molar-refractivity contribution in [2.24, 2.45) is 0 Å². The van der Waals surface area contributed by atoms with Crippen LogP contribution in [0.1, 0.15) is 39.5 Å². The molecule has 0 saturated carbocycles. The molecule has 0 aliphatic carbocycles. The maximum absolute atomic E-state index is 12.5. The largest absolute Gasteiger partial charge is 0.465 e. The highest BCUT2D eigenvalue weighted by atomic mass is 79.9. The van der Waals surface area contributed by atoms with Crippen molar-refractivity contribution in [1.29, 1.82) is 0 Å². The van der Waals surface area contributed by atoms with E-state index in [0.29, 0.717) is 17.0 Å². The lowest BCUT2D eigenvalue weighted by atomic mass is 10.1. The fourth-order valence-corrected chi connectivity index (χ4v) is 2.85. The van der Waals surface area contributed by atoms with Gasteiger partial charge >= 0.3 is 5.97 Å². The first-order valence-corrected chi connectivity index (χ1v) is 9.07. The number of aromatic nitrogens is 2. The maximum Gasteiger partial charge on any atom is 0.337 e. The molecule has 0 bridgehead atoms. The van der Waals surface area contributed by atoms with E-state index in [1.807, 2.05) is 31.2 Å². The Kier molecular flexibility index (Phi) is 5.71. The third kappa shape index (κ3) is 4.43. The van der Waals surface area contributed by atoms with Crippen molar-refractivity contribution >= 4 is 27.8 Å². The second kappa shape index (κ2) is 8.18. The van der Waals surface area contributed by atoms with Crippen LogP contribution in [0.3, 0.4) is 0 Å². The minimum absolute atomic E-state index is 0.296. The van der Waals surface area contributed by atoms with Gasteiger partial charge in [-0.05, 0) is 42.8 Å². The van der Waals surface area contributed by atoms with Gasteiger partial charge in [-0.1, -0.05) is 34.1 Å². The SMILES string of the molecule is COC(=O)c1cccc(C(=O)N[C@@H](C)c2ncc(-c3ccc(Br)cc3)[nH]2)c1. The van der Waals surface area contributed by atoms with Gasteiger partial charge in [0.1, 0.15) is 5.82 Å². The molecule has 0 unspecified atom stereocenters. The highest BCUT2D eigenvalue weighted by molar-refractivity contribution is 9.10. The highest BCUT2D eigenvalue weighted by Gasteiger charge is 2.16. The number of aromatic amines is 1. The number of ether oxygens (including phenoxy) is 1. The van der Waals surface area contributed by atoms with Gasteiger partial charge in [0.05, 0.1) is 30.6 Å². The molecule has 3 aromatic rings. The van der Waals surface area contributed by atoms with Crippen molar-refractivity contribution in [3.8, 4) is 11.3 Å². The zero-order valence-corrected chi connectivity index (χ0v) is 16.4. The Labute approximate surface area is 165 Å². The average molecular weight is 428 g/mol. The number of benzene rings is 2. The number of methoxy groups -OCH3 is 1. The Hall–Kier alpha value is -2.93. The number of carbonyl (C=O) groups excluding carboxylic acids is 2. The number of amides is 1. The molecule has 27 heavy (non-hydrogen) atoms. The fraction of sp³-hybridized carbons (Fsp3) is 0.150. The van der Waals surface area contributed by atoms with Crippen LogP contribution in [0.15, 0.2) is 59.2 Å². The minimum Gasteiger partial charge on any atom is -0.465 e. The molecule has 2 aromatic carbocycles. The van der Waals surface area contributed by atoms with Crippen LogP contribution in [-0.2, 0) is 4.74 Å². The number of nitrogens with zero attached hydrogens (tertiary/aromatic N) is 1. The third-order valence-corrected chi connectivity index (χ3v) is 4.58. The monoisotopic (exact) mass is 427 g/mol. The highest BCUT2D eigenvalue weighted by Crippen LogP contribution is 2.21. The van der Waals surface area contributed by atoms with Gasteiger partial charge in [0.2, 0.25) is 0 Å². The summed E-state index contributed by atoms with van der Waals surface area (Å²) in [7, 11) is 1.30. The molecular formula is C20H18BrN3O3. The first kappa shape index (κ1) is 18.8. The molecule has 1 heterocycles. The number of hydrogen-bond donors (Lipinski definition) is 2. The number of rotatable bonds is 5.